The minimum Gasteiger partial charge on any atom is -0.382 e. The van der Waals surface area contributed by atoms with Crippen molar-refractivity contribution < 1.29 is 9.53 Å². The van der Waals surface area contributed by atoms with Crippen molar-refractivity contribution in [2.75, 3.05) is 46.9 Å². The zero-order valence-electron chi connectivity index (χ0n) is 15.3. The third kappa shape index (κ3) is 7.20. The number of hydrogen-bond donors (Lipinski definition) is 2. The van der Waals surface area contributed by atoms with Gasteiger partial charge in [0, 0.05) is 40.4 Å². The third-order valence-electron chi connectivity index (χ3n) is 4.63. The Bertz CT molecular complexity index is 373. The molecule has 1 aliphatic rings. The summed E-state index contributed by atoms with van der Waals surface area (Å²) >= 11 is 0. The van der Waals surface area contributed by atoms with Crippen LogP contribution in [-0.4, -0.2) is 63.7 Å². The fourth-order valence-electron chi connectivity index (χ4n) is 2.59. The maximum Gasteiger partial charge on any atom is 0.243 e. The van der Waals surface area contributed by atoms with Crippen LogP contribution in [0.1, 0.15) is 46.0 Å². The van der Waals surface area contributed by atoms with Gasteiger partial charge in [0.15, 0.2) is 5.96 Å². The van der Waals surface area contributed by atoms with Crippen LogP contribution in [0.3, 0.4) is 0 Å². The van der Waals surface area contributed by atoms with Gasteiger partial charge in [-0.1, -0.05) is 13.3 Å². The van der Waals surface area contributed by atoms with E-state index in [0.29, 0.717) is 5.41 Å². The predicted octanol–water partition coefficient (Wildman–Crippen LogP) is 1.62. The Labute approximate surface area is 141 Å². The van der Waals surface area contributed by atoms with Gasteiger partial charge in [-0.15, -0.1) is 0 Å². The van der Waals surface area contributed by atoms with E-state index in [2.05, 4.69) is 22.5 Å². The zero-order chi connectivity index (χ0) is 17.1. The lowest BCUT2D eigenvalue weighted by Crippen LogP contribution is -2.46. The molecule has 1 saturated carbocycles. The highest BCUT2D eigenvalue weighted by Gasteiger charge is 2.34. The molecule has 0 saturated heterocycles. The van der Waals surface area contributed by atoms with Crippen LogP contribution in [-0.2, 0) is 9.53 Å². The van der Waals surface area contributed by atoms with Crippen molar-refractivity contribution in [1.29, 1.82) is 0 Å². The van der Waals surface area contributed by atoms with Crippen LogP contribution in [0, 0.1) is 5.41 Å². The Morgan fingerprint density at radius 1 is 1.26 bits per heavy atom. The average Bonchev–Trinajstić information content (AvgIpc) is 2.50. The number of carbonyl (C=O) groups excluding carboxylic acids is 1. The third-order valence-corrected chi connectivity index (χ3v) is 4.63. The van der Waals surface area contributed by atoms with Crippen molar-refractivity contribution in [1.82, 2.24) is 15.5 Å². The maximum atomic E-state index is 11.7. The fourth-order valence-corrected chi connectivity index (χ4v) is 2.59. The minimum atomic E-state index is 0.00858. The normalized spacial score (nSPS) is 16.6. The highest BCUT2D eigenvalue weighted by molar-refractivity contribution is 5.84. The lowest BCUT2D eigenvalue weighted by atomic mass is 9.67. The van der Waals surface area contributed by atoms with E-state index in [1.54, 1.807) is 19.0 Å². The number of rotatable bonds is 10. The molecule has 0 aromatic rings. The summed E-state index contributed by atoms with van der Waals surface area (Å²) in [5.41, 5.74) is 0.416. The standard InChI is InChI=1S/C17H34N4O2/c1-5-17(9-7-10-17)14-20-16(18-11-8-12-23-6-2)19-13-15(22)21(3)4/h5-14H2,1-4H3,(H2,18,19,20). The SMILES string of the molecule is CCOCCCNC(=NCC(=O)N(C)C)NCC1(CC)CCC1. The molecule has 134 valence electrons. The summed E-state index contributed by atoms with van der Waals surface area (Å²) in [5.74, 6) is 0.741. The number of hydrogen-bond acceptors (Lipinski definition) is 3. The molecule has 0 bridgehead atoms. The van der Waals surface area contributed by atoms with E-state index in [4.69, 9.17) is 4.74 Å². The van der Waals surface area contributed by atoms with Gasteiger partial charge in [0.2, 0.25) is 5.91 Å². The van der Waals surface area contributed by atoms with Crippen LogP contribution in [0.5, 0.6) is 0 Å². The Balaban J connectivity index is 2.46. The van der Waals surface area contributed by atoms with Crippen LogP contribution in [0.25, 0.3) is 0 Å². The first-order chi connectivity index (χ1) is 11.0. The van der Waals surface area contributed by atoms with Crippen LogP contribution in [0.15, 0.2) is 4.99 Å². The summed E-state index contributed by atoms with van der Waals surface area (Å²) in [6, 6.07) is 0. The van der Waals surface area contributed by atoms with Gasteiger partial charge in [-0.25, -0.2) is 4.99 Å². The van der Waals surface area contributed by atoms with E-state index in [1.165, 1.54) is 25.7 Å². The monoisotopic (exact) mass is 326 g/mol. The van der Waals surface area contributed by atoms with Gasteiger partial charge in [-0.05, 0) is 38.0 Å². The van der Waals surface area contributed by atoms with Crippen molar-refractivity contribution in [3.63, 3.8) is 0 Å². The molecule has 2 N–H and O–H groups in total. The summed E-state index contributed by atoms with van der Waals surface area (Å²) in [4.78, 5) is 17.7. The van der Waals surface area contributed by atoms with Gasteiger partial charge in [0.1, 0.15) is 6.54 Å². The maximum absolute atomic E-state index is 11.7. The fraction of sp³-hybridized carbons (Fsp3) is 0.882. The number of likely N-dealkylation sites (N-methyl/N-ethyl adjacent to an activating group) is 1. The van der Waals surface area contributed by atoms with Crippen LogP contribution < -0.4 is 10.6 Å². The van der Waals surface area contributed by atoms with E-state index >= 15 is 0 Å². The molecule has 0 atom stereocenters. The number of nitrogens with zero attached hydrogens (tertiary/aromatic N) is 2. The topological polar surface area (TPSA) is 66.0 Å². The minimum absolute atomic E-state index is 0.00858. The lowest BCUT2D eigenvalue weighted by Gasteiger charge is -2.41. The quantitative estimate of drug-likeness (QED) is 0.364. The first-order valence-corrected chi connectivity index (χ1v) is 8.83. The van der Waals surface area contributed by atoms with Crippen molar-refractivity contribution in [2.24, 2.45) is 10.4 Å². The van der Waals surface area contributed by atoms with Crippen molar-refractivity contribution in [3.8, 4) is 0 Å². The number of guanidine groups is 1. The first kappa shape index (κ1) is 19.7. The van der Waals surface area contributed by atoms with Gasteiger partial charge in [0.25, 0.3) is 0 Å². The summed E-state index contributed by atoms with van der Waals surface area (Å²) in [5, 5.41) is 6.73. The van der Waals surface area contributed by atoms with Gasteiger partial charge in [-0.2, -0.15) is 0 Å². The predicted molar refractivity (Wildman–Crippen MR) is 94.7 cm³/mol. The number of amides is 1. The van der Waals surface area contributed by atoms with Gasteiger partial charge in [0.05, 0.1) is 0 Å². The van der Waals surface area contributed by atoms with Gasteiger partial charge in [-0.3, -0.25) is 4.79 Å². The van der Waals surface area contributed by atoms with Gasteiger partial charge < -0.3 is 20.3 Å². The Kier molecular flexibility index (Phi) is 8.99. The molecule has 1 rings (SSSR count). The molecular weight excluding hydrogens is 292 g/mol. The van der Waals surface area contributed by atoms with Crippen molar-refractivity contribution in [3.05, 3.63) is 0 Å². The number of carbonyl (C=O) groups is 1. The summed E-state index contributed by atoms with van der Waals surface area (Å²) in [6.07, 6.45) is 6.00. The van der Waals surface area contributed by atoms with E-state index in [-0.39, 0.29) is 12.5 Å². The summed E-state index contributed by atoms with van der Waals surface area (Å²) < 4.78 is 5.34. The van der Waals surface area contributed by atoms with Crippen molar-refractivity contribution >= 4 is 11.9 Å². The molecule has 0 aliphatic heterocycles. The molecule has 0 heterocycles. The summed E-state index contributed by atoms with van der Waals surface area (Å²) in [7, 11) is 3.50. The van der Waals surface area contributed by atoms with E-state index in [9.17, 15) is 4.79 Å². The summed E-state index contributed by atoms with van der Waals surface area (Å²) in [6.45, 7) is 7.63. The second-order valence-corrected chi connectivity index (χ2v) is 6.49. The van der Waals surface area contributed by atoms with Crippen molar-refractivity contribution in [2.45, 2.75) is 46.0 Å². The van der Waals surface area contributed by atoms with Gasteiger partial charge >= 0.3 is 0 Å². The second kappa shape index (κ2) is 10.5. The first-order valence-electron chi connectivity index (χ1n) is 8.83. The Hall–Kier alpha value is -1.30. The highest BCUT2D eigenvalue weighted by Crippen LogP contribution is 2.42. The lowest BCUT2D eigenvalue weighted by molar-refractivity contribution is -0.127. The van der Waals surface area contributed by atoms with E-state index < -0.39 is 0 Å². The molecule has 0 aromatic heterocycles. The zero-order valence-corrected chi connectivity index (χ0v) is 15.3. The molecule has 1 fully saturated rings. The second-order valence-electron chi connectivity index (χ2n) is 6.49. The number of aliphatic imine (C=N–C) groups is 1. The molecule has 6 heteroatoms. The molecule has 6 nitrogen and oxygen atoms in total. The molecule has 0 radical (unpaired) electrons. The average molecular weight is 326 g/mol. The molecule has 0 unspecified atom stereocenters. The molecule has 1 amide bonds. The molecule has 0 aromatic carbocycles. The highest BCUT2D eigenvalue weighted by atomic mass is 16.5. The Morgan fingerprint density at radius 2 is 2.00 bits per heavy atom. The largest absolute Gasteiger partial charge is 0.382 e. The number of ether oxygens (including phenoxy) is 1. The molecule has 0 spiro atoms. The number of nitrogens with one attached hydrogen (secondary N) is 2. The molecular formula is C17H34N4O2. The smallest absolute Gasteiger partial charge is 0.243 e. The molecule has 23 heavy (non-hydrogen) atoms. The van der Waals surface area contributed by atoms with Crippen LogP contribution in [0.2, 0.25) is 0 Å². The molecule has 1 aliphatic carbocycles. The van der Waals surface area contributed by atoms with E-state index in [0.717, 1.165) is 38.7 Å². The van der Waals surface area contributed by atoms with E-state index in [1.807, 2.05) is 6.92 Å². The van der Waals surface area contributed by atoms with Crippen LogP contribution in [0.4, 0.5) is 0 Å². The van der Waals surface area contributed by atoms with Crippen LogP contribution >= 0.6 is 0 Å². The Morgan fingerprint density at radius 3 is 2.52 bits per heavy atom.